The molecule has 0 aliphatic rings. The van der Waals surface area contributed by atoms with E-state index in [1.165, 1.54) is 4.90 Å². The van der Waals surface area contributed by atoms with Crippen molar-refractivity contribution in [2.24, 2.45) is 0 Å². The van der Waals surface area contributed by atoms with E-state index in [4.69, 9.17) is 10.7 Å². The van der Waals surface area contributed by atoms with Crippen molar-refractivity contribution in [2.75, 3.05) is 7.05 Å². The van der Waals surface area contributed by atoms with Gasteiger partial charge >= 0.3 is 0 Å². The molecule has 0 radical (unpaired) electrons. The van der Waals surface area contributed by atoms with Gasteiger partial charge in [-0.15, -0.1) is 0 Å². The monoisotopic (exact) mass is 97.1 g/mol. The molecule has 7 heavy (non-hydrogen) atoms. The summed E-state index contributed by atoms with van der Waals surface area (Å²) in [6, 6.07) is 0. The SMILES string of the molecule is CC(=N)N(C)C#N. The lowest BCUT2D eigenvalue weighted by Gasteiger charge is -2.01. The van der Waals surface area contributed by atoms with E-state index < -0.39 is 0 Å². The minimum Gasteiger partial charge on any atom is -0.288 e. The third-order valence-corrected chi connectivity index (χ3v) is 0.653. The van der Waals surface area contributed by atoms with Gasteiger partial charge in [0.2, 0.25) is 0 Å². The predicted octanol–water partition coefficient (Wildman–Crippen LogP) is 0.396. The van der Waals surface area contributed by atoms with Crippen LogP contribution in [0.5, 0.6) is 0 Å². The van der Waals surface area contributed by atoms with Crippen molar-refractivity contribution in [3.63, 3.8) is 0 Å². The Kier molecular flexibility index (Phi) is 1.86. The summed E-state index contributed by atoms with van der Waals surface area (Å²) >= 11 is 0. The van der Waals surface area contributed by atoms with Crippen LogP contribution in [0.25, 0.3) is 0 Å². The first kappa shape index (κ1) is 5.96. The number of hydrogen-bond acceptors (Lipinski definition) is 2. The standard InChI is InChI=1S/C4H7N3/c1-4(6)7(2)3-5/h6H,1-2H3. The average Bonchev–Trinajstić information content (AvgIpc) is 1.65. The molecule has 0 rings (SSSR count). The zero-order valence-corrected chi connectivity index (χ0v) is 4.39. The molecule has 38 valence electrons. The minimum absolute atomic E-state index is 0.266. The molecule has 0 amide bonds. The lowest BCUT2D eigenvalue weighted by atomic mass is 10.6. The first-order chi connectivity index (χ1) is 3.18. The van der Waals surface area contributed by atoms with Crippen LogP contribution in [0.2, 0.25) is 0 Å². The van der Waals surface area contributed by atoms with Gasteiger partial charge in [0.25, 0.3) is 0 Å². The van der Waals surface area contributed by atoms with Gasteiger partial charge in [0.15, 0.2) is 6.19 Å². The van der Waals surface area contributed by atoms with Gasteiger partial charge in [0, 0.05) is 7.05 Å². The third-order valence-electron chi connectivity index (χ3n) is 0.653. The molecule has 1 N–H and O–H groups in total. The molecule has 0 aromatic heterocycles. The zero-order chi connectivity index (χ0) is 5.86. The first-order valence-corrected chi connectivity index (χ1v) is 1.87. The Labute approximate surface area is 42.7 Å². The van der Waals surface area contributed by atoms with E-state index in [-0.39, 0.29) is 5.84 Å². The fraction of sp³-hybridized carbons (Fsp3) is 0.500. The second-order valence-corrected chi connectivity index (χ2v) is 1.24. The smallest absolute Gasteiger partial charge is 0.184 e. The molecule has 3 nitrogen and oxygen atoms in total. The first-order valence-electron chi connectivity index (χ1n) is 1.87. The molecule has 0 spiro atoms. The van der Waals surface area contributed by atoms with Crippen LogP contribution in [0.1, 0.15) is 6.92 Å². The van der Waals surface area contributed by atoms with Crippen molar-refractivity contribution in [1.29, 1.82) is 10.7 Å². The molecule has 3 heteroatoms. The van der Waals surface area contributed by atoms with Gasteiger partial charge in [-0.05, 0) is 6.92 Å². The number of amidine groups is 1. The number of rotatable bonds is 0. The second kappa shape index (κ2) is 2.19. The maximum atomic E-state index is 8.04. The Morgan fingerprint density at radius 2 is 2.29 bits per heavy atom. The van der Waals surface area contributed by atoms with E-state index in [1.807, 2.05) is 0 Å². The van der Waals surface area contributed by atoms with E-state index in [0.29, 0.717) is 0 Å². The van der Waals surface area contributed by atoms with Crippen LogP contribution in [0.3, 0.4) is 0 Å². The number of hydrogen-bond donors (Lipinski definition) is 1. The van der Waals surface area contributed by atoms with Crippen LogP contribution >= 0.6 is 0 Å². The predicted molar refractivity (Wildman–Crippen MR) is 26.8 cm³/mol. The van der Waals surface area contributed by atoms with Gasteiger partial charge < -0.3 is 0 Å². The molecule has 0 saturated heterocycles. The lowest BCUT2D eigenvalue weighted by Crippen LogP contribution is -2.15. The Hall–Kier alpha value is -1.04. The van der Waals surface area contributed by atoms with E-state index in [2.05, 4.69) is 0 Å². The lowest BCUT2D eigenvalue weighted by molar-refractivity contribution is 0.699. The van der Waals surface area contributed by atoms with Crippen molar-refractivity contribution in [1.82, 2.24) is 4.90 Å². The highest BCUT2D eigenvalue weighted by Crippen LogP contribution is 1.75. The van der Waals surface area contributed by atoms with Gasteiger partial charge in [0.05, 0.1) is 0 Å². The maximum absolute atomic E-state index is 8.04. The van der Waals surface area contributed by atoms with E-state index in [1.54, 1.807) is 20.2 Å². The zero-order valence-electron chi connectivity index (χ0n) is 4.39. The Morgan fingerprint density at radius 1 is 1.86 bits per heavy atom. The van der Waals surface area contributed by atoms with Crippen molar-refractivity contribution in [2.45, 2.75) is 6.92 Å². The number of nitrogens with one attached hydrogen (secondary N) is 1. The summed E-state index contributed by atoms with van der Waals surface area (Å²) in [5.74, 6) is 0.266. The Morgan fingerprint density at radius 3 is 2.29 bits per heavy atom. The van der Waals surface area contributed by atoms with Crippen molar-refractivity contribution < 1.29 is 0 Å². The summed E-state index contributed by atoms with van der Waals surface area (Å²) in [5, 5.41) is 14.8. The van der Waals surface area contributed by atoms with Gasteiger partial charge in [-0.3, -0.25) is 10.3 Å². The highest BCUT2D eigenvalue weighted by Gasteiger charge is 1.89. The highest BCUT2D eigenvalue weighted by atomic mass is 15.1. The fourth-order valence-corrected chi connectivity index (χ4v) is 0.0750. The van der Waals surface area contributed by atoms with E-state index in [0.717, 1.165) is 0 Å². The fourth-order valence-electron chi connectivity index (χ4n) is 0.0750. The molecule has 0 unspecified atom stereocenters. The normalized spacial score (nSPS) is 7.00. The number of nitriles is 1. The molecule has 0 saturated carbocycles. The second-order valence-electron chi connectivity index (χ2n) is 1.24. The van der Waals surface area contributed by atoms with Crippen LogP contribution in [-0.2, 0) is 0 Å². The maximum Gasteiger partial charge on any atom is 0.184 e. The van der Waals surface area contributed by atoms with Crippen LogP contribution < -0.4 is 0 Å². The van der Waals surface area contributed by atoms with Crippen LogP contribution in [-0.4, -0.2) is 17.8 Å². The summed E-state index contributed by atoms with van der Waals surface area (Å²) in [7, 11) is 1.54. The number of nitrogens with zero attached hydrogens (tertiary/aromatic N) is 2. The largest absolute Gasteiger partial charge is 0.288 e. The molecule has 0 fully saturated rings. The quantitative estimate of drug-likeness (QED) is 0.206. The summed E-state index contributed by atoms with van der Waals surface area (Å²) in [6.07, 6.45) is 1.77. The van der Waals surface area contributed by atoms with Gasteiger partial charge in [-0.2, -0.15) is 5.26 Å². The third kappa shape index (κ3) is 1.77. The topological polar surface area (TPSA) is 50.9 Å². The average molecular weight is 97.1 g/mol. The molecular weight excluding hydrogens is 90.1 g/mol. The van der Waals surface area contributed by atoms with Crippen LogP contribution in [0.15, 0.2) is 0 Å². The van der Waals surface area contributed by atoms with Crippen LogP contribution in [0, 0.1) is 16.9 Å². The molecule has 0 heterocycles. The highest BCUT2D eigenvalue weighted by molar-refractivity contribution is 5.77. The van der Waals surface area contributed by atoms with Gasteiger partial charge in [0.1, 0.15) is 5.84 Å². The van der Waals surface area contributed by atoms with Gasteiger partial charge in [-0.25, -0.2) is 0 Å². The van der Waals surface area contributed by atoms with Crippen molar-refractivity contribution in [3.8, 4) is 6.19 Å². The van der Waals surface area contributed by atoms with E-state index >= 15 is 0 Å². The van der Waals surface area contributed by atoms with Crippen molar-refractivity contribution >= 4 is 5.84 Å². The molecular formula is C4H7N3. The molecule has 0 aliphatic heterocycles. The Bertz CT molecular complexity index is 111. The van der Waals surface area contributed by atoms with E-state index in [9.17, 15) is 0 Å². The summed E-state index contributed by atoms with van der Waals surface area (Å²) in [5.41, 5.74) is 0. The summed E-state index contributed by atoms with van der Waals surface area (Å²) in [6.45, 7) is 1.56. The molecule has 0 bridgehead atoms. The summed E-state index contributed by atoms with van der Waals surface area (Å²) < 4.78 is 0. The molecule has 0 aromatic carbocycles. The minimum atomic E-state index is 0.266. The van der Waals surface area contributed by atoms with Crippen molar-refractivity contribution in [3.05, 3.63) is 0 Å². The molecule has 0 aromatic rings. The van der Waals surface area contributed by atoms with Crippen LogP contribution in [0.4, 0.5) is 0 Å². The van der Waals surface area contributed by atoms with Gasteiger partial charge in [-0.1, -0.05) is 0 Å². The molecule has 0 aliphatic carbocycles. The Balaban J connectivity index is 3.63. The summed E-state index contributed by atoms with van der Waals surface area (Å²) in [4.78, 5) is 1.18. The molecule has 0 atom stereocenters.